The maximum absolute atomic E-state index is 6.04. The van der Waals surface area contributed by atoms with Gasteiger partial charge in [-0.2, -0.15) is 11.8 Å². The molecule has 1 nitrogen and oxygen atoms in total. The van der Waals surface area contributed by atoms with Gasteiger partial charge in [-0.25, -0.2) is 0 Å². The molecule has 1 aliphatic rings. The molecule has 72 valence electrons. The summed E-state index contributed by atoms with van der Waals surface area (Å²) in [6.45, 7) is 4.45. The second-order valence-corrected chi connectivity index (χ2v) is 5.42. The molecule has 0 aromatic rings. The molecule has 0 radical (unpaired) electrons. The Morgan fingerprint density at radius 2 is 1.92 bits per heavy atom. The van der Waals surface area contributed by atoms with Crippen molar-refractivity contribution in [3.05, 3.63) is 0 Å². The maximum atomic E-state index is 6.04. The lowest BCUT2D eigenvalue weighted by atomic mass is 9.90. The number of nitrogens with two attached hydrogens (primary N) is 1. The van der Waals surface area contributed by atoms with E-state index < -0.39 is 0 Å². The SMILES string of the molecule is CC(C)C(N)CC1CCSCC1. The minimum absolute atomic E-state index is 0.429. The van der Waals surface area contributed by atoms with Crippen LogP contribution >= 0.6 is 11.8 Å². The van der Waals surface area contributed by atoms with Crippen LogP contribution in [0.4, 0.5) is 0 Å². The average molecular weight is 187 g/mol. The molecular weight excluding hydrogens is 166 g/mol. The minimum atomic E-state index is 0.429. The van der Waals surface area contributed by atoms with E-state index in [0.717, 1.165) is 5.92 Å². The number of rotatable bonds is 3. The van der Waals surface area contributed by atoms with Gasteiger partial charge < -0.3 is 5.73 Å². The Morgan fingerprint density at radius 1 is 1.33 bits per heavy atom. The van der Waals surface area contributed by atoms with Crippen LogP contribution in [0.15, 0.2) is 0 Å². The Hall–Kier alpha value is 0.310. The van der Waals surface area contributed by atoms with Gasteiger partial charge in [0.15, 0.2) is 0 Å². The van der Waals surface area contributed by atoms with Gasteiger partial charge in [-0.3, -0.25) is 0 Å². The fourth-order valence-electron chi connectivity index (χ4n) is 1.64. The maximum Gasteiger partial charge on any atom is 0.00645 e. The molecule has 1 heterocycles. The fourth-order valence-corrected chi connectivity index (χ4v) is 2.84. The molecule has 2 heteroatoms. The zero-order chi connectivity index (χ0) is 8.97. The fraction of sp³-hybridized carbons (Fsp3) is 1.00. The molecule has 12 heavy (non-hydrogen) atoms. The molecule has 1 saturated heterocycles. The van der Waals surface area contributed by atoms with Crippen LogP contribution in [0, 0.1) is 11.8 Å². The lowest BCUT2D eigenvalue weighted by Crippen LogP contribution is -2.30. The lowest BCUT2D eigenvalue weighted by Gasteiger charge is -2.25. The molecule has 0 aliphatic carbocycles. The van der Waals surface area contributed by atoms with Crippen LogP contribution in [0.5, 0.6) is 0 Å². The van der Waals surface area contributed by atoms with Crippen LogP contribution in [0.1, 0.15) is 33.1 Å². The van der Waals surface area contributed by atoms with Crippen molar-refractivity contribution < 1.29 is 0 Å². The highest BCUT2D eigenvalue weighted by Crippen LogP contribution is 2.27. The Morgan fingerprint density at radius 3 is 2.42 bits per heavy atom. The molecule has 0 aromatic heterocycles. The van der Waals surface area contributed by atoms with Gasteiger partial charge in [0.05, 0.1) is 0 Å². The highest BCUT2D eigenvalue weighted by Gasteiger charge is 2.18. The van der Waals surface area contributed by atoms with Crippen molar-refractivity contribution in [1.82, 2.24) is 0 Å². The number of thioether (sulfide) groups is 1. The monoisotopic (exact) mass is 187 g/mol. The average Bonchev–Trinajstić information content (AvgIpc) is 2.06. The molecule has 1 unspecified atom stereocenters. The first-order valence-electron chi connectivity index (χ1n) is 5.03. The molecule has 1 rings (SSSR count). The molecule has 1 atom stereocenters. The van der Waals surface area contributed by atoms with Crippen molar-refractivity contribution in [3.8, 4) is 0 Å². The Balaban J connectivity index is 2.20. The van der Waals surface area contributed by atoms with Crippen LogP contribution in [-0.4, -0.2) is 17.5 Å². The molecule has 0 amide bonds. The Labute approximate surface area is 80.5 Å². The molecule has 2 N–H and O–H groups in total. The van der Waals surface area contributed by atoms with Gasteiger partial charge in [-0.05, 0) is 42.6 Å². The summed E-state index contributed by atoms with van der Waals surface area (Å²) in [5.41, 5.74) is 6.04. The molecule has 0 aromatic carbocycles. The predicted molar refractivity (Wildman–Crippen MR) is 57.5 cm³/mol. The normalized spacial score (nSPS) is 23.0. The van der Waals surface area contributed by atoms with Gasteiger partial charge in [0.25, 0.3) is 0 Å². The summed E-state index contributed by atoms with van der Waals surface area (Å²) in [6.07, 6.45) is 4.04. The summed E-state index contributed by atoms with van der Waals surface area (Å²) >= 11 is 2.09. The van der Waals surface area contributed by atoms with Gasteiger partial charge in [0.2, 0.25) is 0 Å². The number of hydrogen-bond acceptors (Lipinski definition) is 2. The van der Waals surface area contributed by atoms with Crippen LogP contribution in [0.25, 0.3) is 0 Å². The van der Waals surface area contributed by atoms with Crippen LogP contribution < -0.4 is 5.73 Å². The van der Waals surface area contributed by atoms with Crippen molar-refractivity contribution >= 4 is 11.8 Å². The zero-order valence-corrected chi connectivity index (χ0v) is 9.07. The summed E-state index contributed by atoms with van der Waals surface area (Å²) < 4.78 is 0. The molecule has 1 fully saturated rings. The van der Waals surface area contributed by atoms with E-state index in [-0.39, 0.29) is 0 Å². The van der Waals surface area contributed by atoms with E-state index in [0.29, 0.717) is 12.0 Å². The largest absolute Gasteiger partial charge is 0.327 e. The van der Waals surface area contributed by atoms with Gasteiger partial charge in [-0.15, -0.1) is 0 Å². The minimum Gasteiger partial charge on any atom is -0.327 e. The van der Waals surface area contributed by atoms with Crippen molar-refractivity contribution in [2.45, 2.75) is 39.2 Å². The number of hydrogen-bond donors (Lipinski definition) is 1. The van der Waals surface area contributed by atoms with Crippen molar-refractivity contribution in [1.29, 1.82) is 0 Å². The zero-order valence-electron chi connectivity index (χ0n) is 8.25. The van der Waals surface area contributed by atoms with Crippen LogP contribution in [0.3, 0.4) is 0 Å². The van der Waals surface area contributed by atoms with E-state index >= 15 is 0 Å². The smallest absolute Gasteiger partial charge is 0.00645 e. The van der Waals surface area contributed by atoms with E-state index in [9.17, 15) is 0 Å². The highest BCUT2D eigenvalue weighted by atomic mass is 32.2. The summed E-state index contributed by atoms with van der Waals surface area (Å²) in [4.78, 5) is 0. The molecule has 0 bridgehead atoms. The molecular formula is C10H21NS. The van der Waals surface area contributed by atoms with Gasteiger partial charge >= 0.3 is 0 Å². The standard InChI is InChI=1S/C10H21NS/c1-8(2)10(11)7-9-3-5-12-6-4-9/h8-10H,3-7,11H2,1-2H3. The first-order valence-corrected chi connectivity index (χ1v) is 6.19. The third kappa shape index (κ3) is 3.36. The Kier molecular flexibility index (Phi) is 4.44. The third-order valence-corrected chi connectivity index (χ3v) is 3.85. The van der Waals surface area contributed by atoms with Crippen molar-refractivity contribution in [2.75, 3.05) is 11.5 Å². The second kappa shape index (κ2) is 5.13. The van der Waals surface area contributed by atoms with E-state index in [1.54, 1.807) is 0 Å². The summed E-state index contributed by atoms with van der Waals surface area (Å²) in [7, 11) is 0. The van der Waals surface area contributed by atoms with Crippen LogP contribution in [0.2, 0.25) is 0 Å². The Bertz CT molecular complexity index is 119. The topological polar surface area (TPSA) is 26.0 Å². The van der Waals surface area contributed by atoms with Crippen molar-refractivity contribution in [2.24, 2.45) is 17.6 Å². The summed E-state index contributed by atoms with van der Waals surface area (Å²) in [5, 5.41) is 0. The van der Waals surface area contributed by atoms with Crippen molar-refractivity contribution in [3.63, 3.8) is 0 Å². The van der Waals surface area contributed by atoms with E-state index in [4.69, 9.17) is 5.73 Å². The molecule has 0 saturated carbocycles. The first-order chi connectivity index (χ1) is 5.70. The third-order valence-electron chi connectivity index (χ3n) is 2.80. The quantitative estimate of drug-likeness (QED) is 0.734. The van der Waals surface area contributed by atoms with E-state index in [1.165, 1.54) is 30.8 Å². The molecule has 1 aliphatic heterocycles. The van der Waals surface area contributed by atoms with E-state index in [1.807, 2.05) is 0 Å². The molecule has 0 spiro atoms. The van der Waals surface area contributed by atoms with E-state index in [2.05, 4.69) is 25.6 Å². The van der Waals surface area contributed by atoms with Gasteiger partial charge in [0, 0.05) is 6.04 Å². The predicted octanol–water partition coefficient (Wildman–Crippen LogP) is 2.50. The summed E-state index contributed by atoms with van der Waals surface area (Å²) in [5.74, 6) is 4.29. The van der Waals surface area contributed by atoms with Gasteiger partial charge in [-0.1, -0.05) is 13.8 Å². The van der Waals surface area contributed by atoms with Gasteiger partial charge in [0.1, 0.15) is 0 Å². The first kappa shape index (κ1) is 10.4. The highest BCUT2D eigenvalue weighted by molar-refractivity contribution is 7.99. The lowest BCUT2D eigenvalue weighted by molar-refractivity contribution is 0.356. The van der Waals surface area contributed by atoms with Crippen LogP contribution in [-0.2, 0) is 0 Å². The summed E-state index contributed by atoms with van der Waals surface area (Å²) in [6, 6.07) is 0.429. The second-order valence-electron chi connectivity index (χ2n) is 4.20.